The Morgan fingerprint density at radius 1 is 1.00 bits per heavy atom. The molecule has 2 aliphatic rings. The van der Waals surface area contributed by atoms with Gasteiger partial charge in [0.05, 0.1) is 5.92 Å². The predicted molar refractivity (Wildman–Crippen MR) is 129 cm³/mol. The lowest BCUT2D eigenvalue weighted by Gasteiger charge is -2.36. The zero-order valence-corrected chi connectivity index (χ0v) is 19.1. The number of nitrogens with one attached hydrogen (secondary N) is 1. The predicted octanol–water partition coefficient (Wildman–Crippen LogP) is 5.16. The maximum atomic E-state index is 12.6. The Bertz CT molecular complexity index is 1140. The highest BCUT2D eigenvalue weighted by Gasteiger charge is 2.32. The van der Waals surface area contributed by atoms with Crippen LogP contribution in [0.25, 0.3) is 11.3 Å². The highest BCUT2D eigenvalue weighted by molar-refractivity contribution is 6.03. The van der Waals surface area contributed by atoms with Crippen molar-refractivity contribution in [3.05, 3.63) is 71.4 Å². The van der Waals surface area contributed by atoms with Crippen LogP contribution < -0.4 is 5.32 Å². The summed E-state index contributed by atoms with van der Waals surface area (Å²) < 4.78 is 5.44. The molecule has 7 heteroatoms. The first-order valence-electron chi connectivity index (χ1n) is 12.0. The third-order valence-corrected chi connectivity index (χ3v) is 6.94. The van der Waals surface area contributed by atoms with Crippen molar-refractivity contribution >= 4 is 17.6 Å². The van der Waals surface area contributed by atoms with Gasteiger partial charge in [-0.2, -0.15) is 0 Å². The minimum absolute atomic E-state index is 0.232. The molecule has 1 saturated carbocycles. The molecule has 2 heterocycles. The molecule has 2 aromatic carbocycles. The second kappa shape index (κ2) is 9.81. The van der Waals surface area contributed by atoms with E-state index in [0.717, 1.165) is 11.1 Å². The van der Waals surface area contributed by atoms with Gasteiger partial charge in [-0.15, -0.1) is 0 Å². The van der Waals surface area contributed by atoms with Gasteiger partial charge in [-0.25, -0.2) is 0 Å². The molecule has 5 rings (SSSR count). The van der Waals surface area contributed by atoms with Gasteiger partial charge in [-0.1, -0.05) is 60.8 Å². The van der Waals surface area contributed by atoms with E-state index in [2.05, 4.69) is 27.5 Å². The van der Waals surface area contributed by atoms with Gasteiger partial charge in [0.1, 0.15) is 0 Å². The van der Waals surface area contributed by atoms with Crippen molar-refractivity contribution in [2.45, 2.75) is 44.6 Å². The number of carbonyl (C=O) groups is 2. The summed E-state index contributed by atoms with van der Waals surface area (Å²) in [5.41, 5.74) is 4.26. The third kappa shape index (κ3) is 5.04. The van der Waals surface area contributed by atoms with E-state index < -0.39 is 5.97 Å². The van der Waals surface area contributed by atoms with Crippen molar-refractivity contribution in [1.82, 2.24) is 10.1 Å². The lowest BCUT2D eigenvalue weighted by molar-refractivity contribution is -0.147. The number of carboxylic acid groups (broad SMARTS) is 1. The molecule has 0 bridgehead atoms. The first kappa shape index (κ1) is 22.3. The normalized spacial score (nSPS) is 17.3. The Balaban J connectivity index is 1.16. The molecular formula is C27H29N3O4. The number of rotatable bonds is 7. The van der Waals surface area contributed by atoms with Crippen molar-refractivity contribution in [2.24, 2.45) is 5.92 Å². The van der Waals surface area contributed by atoms with E-state index in [1.165, 1.54) is 37.7 Å². The molecule has 34 heavy (non-hydrogen) atoms. The van der Waals surface area contributed by atoms with Crippen LogP contribution in [0, 0.1) is 5.92 Å². The fourth-order valence-corrected chi connectivity index (χ4v) is 4.88. The van der Waals surface area contributed by atoms with Crippen LogP contribution in [0.5, 0.6) is 0 Å². The van der Waals surface area contributed by atoms with Crippen LogP contribution in [-0.2, 0) is 11.3 Å². The summed E-state index contributed by atoms with van der Waals surface area (Å²) in [6.07, 6.45) is 6.48. The number of aliphatic carboxylic acids is 1. The molecule has 2 fully saturated rings. The van der Waals surface area contributed by atoms with E-state index in [1.54, 1.807) is 6.07 Å². The largest absolute Gasteiger partial charge is 0.481 e. The first-order valence-corrected chi connectivity index (χ1v) is 12.0. The Labute approximate surface area is 198 Å². The average molecular weight is 460 g/mol. The summed E-state index contributed by atoms with van der Waals surface area (Å²) in [6, 6.07) is 17.6. The summed E-state index contributed by atoms with van der Waals surface area (Å²) in [6.45, 7) is 1.85. The molecule has 7 nitrogen and oxygen atoms in total. The second-order valence-electron chi connectivity index (χ2n) is 9.41. The van der Waals surface area contributed by atoms with Crippen LogP contribution >= 0.6 is 0 Å². The van der Waals surface area contributed by atoms with Gasteiger partial charge >= 0.3 is 5.97 Å². The standard InChI is InChI=1S/C27H29N3O4/c31-26(28-23-12-6-18(7-13-23)15-30-16-22(17-30)27(32)33)24-14-25(34-29-24)21-10-8-20(9-11-21)19-4-2-1-3-5-19/h6-14,19,22H,1-5,15-17H2,(H,28,31)(H,32,33). The number of aromatic nitrogens is 1. The molecule has 0 spiro atoms. The Hall–Kier alpha value is -3.45. The molecule has 1 aliphatic heterocycles. The number of carbonyl (C=O) groups excluding carboxylic acids is 1. The number of amides is 1. The number of anilines is 1. The van der Waals surface area contributed by atoms with Crippen LogP contribution in [0.4, 0.5) is 5.69 Å². The average Bonchev–Trinajstić information content (AvgIpc) is 3.33. The summed E-state index contributed by atoms with van der Waals surface area (Å²) in [5.74, 6) is -0.0983. The van der Waals surface area contributed by atoms with Gasteiger partial charge in [0.15, 0.2) is 11.5 Å². The molecule has 1 saturated heterocycles. The Morgan fingerprint density at radius 2 is 1.71 bits per heavy atom. The zero-order chi connectivity index (χ0) is 23.5. The fourth-order valence-electron chi connectivity index (χ4n) is 4.88. The molecular weight excluding hydrogens is 430 g/mol. The van der Waals surface area contributed by atoms with E-state index in [4.69, 9.17) is 9.63 Å². The van der Waals surface area contributed by atoms with Crippen LogP contribution in [0.2, 0.25) is 0 Å². The van der Waals surface area contributed by atoms with Gasteiger partial charge < -0.3 is 14.9 Å². The minimum atomic E-state index is -0.734. The van der Waals surface area contributed by atoms with Gasteiger partial charge in [0.2, 0.25) is 0 Å². The van der Waals surface area contributed by atoms with Gasteiger partial charge in [-0.05, 0) is 42.0 Å². The molecule has 1 aliphatic carbocycles. The summed E-state index contributed by atoms with van der Waals surface area (Å²) >= 11 is 0. The maximum absolute atomic E-state index is 12.6. The number of hydrogen-bond donors (Lipinski definition) is 2. The van der Waals surface area contributed by atoms with Gasteiger partial charge in [-0.3, -0.25) is 14.5 Å². The Morgan fingerprint density at radius 3 is 2.38 bits per heavy atom. The molecule has 2 N–H and O–H groups in total. The summed E-state index contributed by atoms with van der Waals surface area (Å²) in [4.78, 5) is 25.6. The van der Waals surface area contributed by atoms with E-state index >= 15 is 0 Å². The maximum Gasteiger partial charge on any atom is 0.309 e. The van der Waals surface area contributed by atoms with Crippen molar-refractivity contribution in [3.63, 3.8) is 0 Å². The first-order chi connectivity index (χ1) is 16.5. The second-order valence-corrected chi connectivity index (χ2v) is 9.41. The minimum Gasteiger partial charge on any atom is -0.481 e. The van der Waals surface area contributed by atoms with Crippen molar-refractivity contribution in [3.8, 4) is 11.3 Å². The van der Waals surface area contributed by atoms with Crippen LogP contribution in [0.1, 0.15) is 59.6 Å². The fraction of sp³-hybridized carbons (Fsp3) is 0.370. The monoisotopic (exact) mass is 459 g/mol. The molecule has 1 amide bonds. The van der Waals surface area contributed by atoms with Crippen LogP contribution in [0.15, 0.2) is 59.1 Å². The smallest absolute Gasteiger partial charge is 0.309 e. The lowest BCUT2D eigenvalue weighted by atomic mass is 9.84. The summed E-state index contributed by atoms with van der Waals surface area (Å²) in [7, 11) is 0. The molecule has 0 radical (unpaired) electrons. The highest BCUT2D eigenvalue weighted by atomic mass is 16.5. The van der Waals surface area contributed by atoms with Gasteiger partial charge in [0, 0.05) is 37.0 Å². The van der Waals surface area contributed by atoms with E-state index in [1.807, 2.05) is 36.4 Å². The third-order valence-electron chi connectivity index (χ3n) is 6.94. The quantitative estimate of drug-likeness (QED) is 0.507. The highest BCUT2D eigenvalue weighted by Crippen LogP contribution is 2.33. The van der Waals surface area contributed by atoms with Crippen LogP contribution in [-0.4, -0.2) is 40.1 Å². The number of likely N-dealkylation sites (tertiary alicyclic amines) is 1. The van der Waals surface area contributed by atoms with Crippen molar-refractivity contribution in [1.29, 1.82) is 0 Å². The topological polar surface area (TPSA) is 95.7 Å². The number of hydrogen-bond acceptors (Lipinski definition) is 5. The van der Waals surface area contributed by atoms with Gasteiger partial charge in [0.25, 0.3) is 5.91 Å². The van der Waals surface area contributed by atoms with Crippen LogP contribution in [0.3, 0.4) is 0 Å². The molecule has 0 unspecified atom stereocenters. The Kier molecular flexibility index (Phi) is 6.45. The number of carboxylic acids is 1. The SMILES string of the molecule is O=C(Nc1ccc(CN2CC(C(=O)O)C2)cc1)c1cc(-c2ccc(C3CCCCC3)cc2)on1. The van der Waals surface area contributed by atoms with Crippen molar-refractivity contribution < 1.29 is 19.2 Å². The van der Waals surface area contributed by atoms with E-state index in [-0.39, 0.29) is 17.5 Å². The molecule has 176 valence electrons. The molecule has 1 aromatic heterocycles. The van der Waals surface area contributed by atoms with E-state index in [0.29, 0.717) is 37.0 Å². The molecule has 0 atom stereocenters. The number of benzene rings is 2. The summed E-state index contributed by atoms with van der Waals surface area (Å²) in [5, 5.41) is 15.8. The molecule has 3 aromatic rings. The number of nitrogens with zero attached hydrogens (tertiary/aromatic N) is 2. The van der Waals surface area contributed by atoms with E-state index in [9.17, 15) is 9.59 Å². The van der Waals surface area contributed by atoms with Crippen molar-refractivity contribution in [2.75, 3.05) is 18.4 Å². The zero-order valence-electron chi connectivity index (χ0n) is 19.1. The lowest BCUT2D eigenvalue weighted by Crippen LogP contribution is -2.49.